The highest BCUT2D eigenvalue weighted by atomic mass is 16.2. The smallest absolute Gasteiger partial charge is 0.255 e. The molecule has 2 aromatic carbocycles. The van der Waals surface area contributed by atoms with Gasteiger partial charge in [0, 0.05) is 24.0 Å². The predicted molar refractivity (Wildman–Crippen MR) is 120 cm³/mol. The molecule has 0 unspecified atom stereocenters. The number of rotatable bonds is 7. The topological polar surface area (TPSA) is 76.0 Å². The van der Waals surface area contributed by atoms with Gasteiger partial charge in [-0.15, -0.1) is 0 Å². The van der Waals surface area contributed by atoms with Gasteiger partial charge in [-0.25, -0.2) is 4.98 Å². The van der Waals surface area contributed by atoms with Gasteiger partial charge in [0.15, 0.2) is 0 Å². The van der Waals surface area contributed by atoms with Gasteiger partial charge in [-0.05, 0) is 61.6 Å². The Morgan fingerprint density at radius 3 is 2.23 bits per heavy atom. The van der Waals surface area contributed by atoms with Crippen molar-refractivity contribution in [3.05, 3.63) is 86.8 Å². The number of benzene rings is 2. The van der Waals surface area contributed by atoms with E-state index in [2.05, 4.69) is 40.7 Å². The lowest BCUT2D eigenvalue weighted by Crippen LogP contribution is -2.33. The molecule has 0 atom stereocenters. The van der Waals surface area contributed by atoms with Crippen molar-refractivity contribution in [3.8, 4) is 0 Å². The number of carbonyl (C=O) groups excluding carboxylic acids is 1. The normalized spacial score (nSPS) is 10.7. The van der Waals surface area contributed by atoms with E-state index < -0.39 is 0 Å². The molecule has 6 nitrogen and oxygen atoms in total. The third-order valence-corrected chi connectivity index (χ3v) is 4.84. The maximum atomic E-state index is 12.6. The van der Waals surface area contributed by atoms with E-state index in [-0.39, 0.29) is 18.0 Å². The summed E-state index contributed by atoms with van der Waals surface area (Å²) < 4.78 is 1.36. The minimum Gasteiger partial charge on any atom is -0.350 e. The van der Waals surface area contributed by atoms with Crippen LogP contribution in [0.2, 0.25) is 0 Å². The standard InChI is InChI=1S/C24H28N4O2/c1-5-19-6-8-20(9-7-19)14-25-22(29)15-28-23(30)13-18(4)26-24(28)27-21-11-16(2)10-17(3)12-21/h6-13H,5,14-15H2,1-4H3,(H,25,29)(H,26,27). The zero-order valence-electron chi connectivity index (χ0n) is 18.0. The van der Waals surface area contributed by atoms with Crippen molar-refractivity contribution in [2.45, 2.75) is 47.2 Å². The molecule has 0 radical (unpaired) electrons. The molecule has 1 amide bonds. The van der Waals surface area contributed by atoms with Crippen LogP contribution < -0.4 is 16.2 Å². The summed E-state index contributed by atoms with van der Waals surface area (Å²) in [6, 6.07) is 15.6. The SMILES string of the molecule is CCc1ccc(CNC(=O)Cn2c(Nc3cc(C)cc(C)c3)nc(C)cc2=O)cc1. The van der Waals surface area contributed by atoms with Crippen LogP contribution in [-0.2, 0) is 24.3 Å². The van der Waals surface area contributed by atoms with Crippen LogP contribution in [0.1, 0.15) is 34.9 Å². The molecule has 6 heteroatoms. The van der Waals surface area contributed by atoms with Crippen LogP contribution in [0.3, 0.4) is 0 Å². The summed E-state index contributed by atoms with van der Waals surface area (Å²) >= 11 is 0. The fourth-order valence-corrected chi connectivity index (χ4v) is 3.34. The number of aryl methyl sites for hydroxylation is 4. The van der Waals surface area contributed by atoms with Crippen molar-refractivity contribution < 1.29 is 4.79 Å². The first-order valence-electron chi connectivity index (χ1n) is 10.1. The first-order chi connectivity index (χ1) is 14.3. The Morgan fingerprint density at radius 2 is 1.60 bits per heavy atom. The predicted octanol–water partition coefficient (Wildman–Crippen LogP) is 3.79. The van der Waals surface area contributed by atoms with Gasteiger partial charge in [0.1, 0.15) is 6.54 Å². The van der Waals surface area contributed by atoms with E-state index in [1.807, 2.05) is 38.1 Å². The second kappa shape index (κ2) is 9.39. The van der Waals surface area contributed by atoms with Gasteiger partial charge >= 0.3 is 0 Å². The highest BCUT2D eigenvalue weighted by molar-refractivity contribution is 5.76. The molecule has 0 fully saturated rings. The van der Waals surface area contributed by atoms with E-state index in [1.54, 1.807) is 6.92 Å². The quantitative estimate of drug-likeness (QED) is 0.628. The number of nitrogens with zero attached hydrogens (tertiary/aromatic N) is 2. The number of nitrogens with one attached hydrogen (secondary N) is 2. The third kappa shape index (κ3) is 5.56. The molecule has 0 aliphatic carbocycles. The molecule has 156 valence electrons. The largest absolute Gasteiger partial charge is 0.350 e. The van der Waals surface area contributed by atoms with Gasteiger partial charge in [0.2, 0.25) is 11.9 Å². The maximum absolute atomic E-state index is 12.6. The second-order valence-corrected chi connectivity index (χ2v) is 7.59. The summed E-state index contributed by atoms with van der Waals surface area (Å²) in [5.41, 5.74) is 5.64. The Kier molecular flexibility index (Phi) is 6.67. The molecule has 1 heterocycles. The van der Waals surface area contributed by atoms with Gasteiger partial charge in [0.25, 0.3) is 5.56 Å². The summed E-state index contributed by atoms with van der Waals surface area (Å²) in [5.74, 6) is 0.109. The van der Waals surface area contributed by atoms with Crippen LogP contribution in [0.5, 0.6) is 0 Å². The van der Waals surface area contributed by atoms with E-state index in [0.717, 1.165) is 28.8 Å². The fourth-order valence-electron chi connectivity index (χ4n) is 3.34. The van der Waals surface area contributed by atoms with Crippen molar-refractivity contribution in [3.63, 3.8) is 0 Å². The van der Waals surface area contributed by atoms with Crippen LogP contribution in [0.4, 0.5) is 11.6 Å². The number of hydrogen-bond donors (Lipinski definition) is 2. The van der Waals surface area contributed by atoms with Crippen molar-refractivity contribution in [1.82, 2.24) is 14.9 Å². The van der Waals surface area contributed by atoms with Crippen molar-refractivity contribution in [2.24, 2.45) is 0 Å². The van der Waals surface area contributed by atoms with Gasteiger partial charge in [-0.1, -0.05) is 37.3 Å². The minimum atomic E-state index is -0.267. The monoisotopic (exact) mass is 404 g/mol. The molecular formula is C24H28N4O2. The molecule has 0 saturated heterocycles. The molecule has 0 aliphatic rings. The molecule has 30 heavy (non-hydrogen) atoms. The van der Waals surface area contributed by atoms with Crippen LogP contribution in [-0.4, -0.2) is 15.5 Å². The zero-order valence-corrected chi connectivity index (χ0v) is 18.0. The van der Waals surface area contributed by atoms with E-state index >= 15 is 0 Å². The molecule has 1 aromatic heterocycles. The molecule has 3 aromatic rings. The summed E-state index contributed by atoms with van der Waals surface area (Å²) in [4.78, 5) is 29.6. The molecule has 2 N–H and O–H groups in total. The van der Waals surface area contributed by atoms with Crippen LogP contribution in [0.15, 0.2) is 53.3 Å². The lowest BCUT2D eigenvalue weighted by Gasteiger charge is -2.15. The van der Waals surface area contributed by atoms with E-state index in [9.17, 15) is 9.59 Å². The molecule has 0 saturated carbocycles. The summed E-state index contributed by atoms with van der Waals surface area (Å²) in [6.07, 6.45) is 0.978. The summed E-state index contributed by atoms with van der Waals surface area (Å²) in [6.45, 7) is 8.19. The average molecular weight is 405 g/mol. The van der Waals surface area contributed by atoms with Crippen molar-refractivity contribution in [1.29, 1.82) is 0 Å². The Balaban J connectivity index is 1.75. The Morgan fingerprint density at radius 1 is 0.967 bits per heavy atom. The molecule has 0 aliphatic heterocycles. The van der Waals surface area contributed by atoms with Crippen LogP contribution in [0, 0.1) is 20.8 Å². The lowest BCUT2D eigenvalue weighted by molar-refractivity contribution is -0.121. The molecule has 0 bridgehead atoms. The number of aromatic nitrogens is 2. The number of carbonyl (C=O) groups is 1. The highest BCUT2D eigenvalue weighted by Crippen LogP contribution is 2.18. The van der Waals surface area contributed by atoms with Crippen molar-refractivity contribution in [2.75, 3.05) is 5.32 Å². The third-order valence-electron chi connectivity index (χ3n) is 4.84. The Labute approximate surface area is 177 Å². The van der Waals surface area contributed by atoms with Crippen LogP contribution in [0.25, 0.3) is 0 Å². The van der Waals surface area contributed by atoms with E-state index in [4.69, 9.17) is 0 Å². The molecular weight excluding hydrogens is 376 g/mol. The van der Waals surface area contributed by atoms with Crippen LogP contribution >= 0.6 is 0 Å². The minimum absolute atomic E-state index is 0.105. The van der Waals surface area contributed by atoms with Crippen molar-refractivity contribution >= 4 is 17.5 Å². The fraction of sp³-hybridized carbons (Fsp3) is 0.292. The molecule has 3 rings (SSSR count). The van der Waals surface area contributed by atoms with Gasteiger partial charge in [-0.3, -0.25) is 14.2 Å². The zero-order chi connectivity index (χ0) is 21.7. The van der Waals surface area contributed by atoms with E-state index in [1.165, 1.54) is 16.2 Å². The summed E-state index contributed by atoms with van der Waals surface area (Å²) in [5, 5.41) is 6.08. The Hall–Kier alpha value is -3.41. The first-order valence-corrected chi connectivity index (χ1v) is 10.1. The Bertz CT molecular complexity index is 1080. The maximum Gasteiger partial charge on any atom is 0.255 e. The summed E-state index contributed by atoms with van der Waals surface area (Å²) in [7, 11) is 0. The lowest BCUT2D eigenvalue weighted by atomic mass is 10.1. The van der Waals surface area contributed by atoms with Gasteiger partial charge in [0.05, 0.1) is 0 Å². The van der Waals surface area contributed by atoms with Gasteiger partial charge in [-0.2, -0.15) is 0 Å². The number of amides is 1. The average Bonchev–Trinajstić information content (AvgIpc) is 2.68. The van der Waals surface area contributed by atoms with Gasteiger partial charge < -0.3 is 10.6 Å². The van der Waals surface area contributed by atoms with E-state index in [0.29, 0.717) is 18.2 Å². The second-order valence-electron chi connectivity index (χ2n) is 7.59. The number of anilines is 2. The number of hydrogen-bond acceptors (Lipinski definition) is 4. The molecule has 0 spiro atoms. The first kappa shape index (κ1) is 21.3. The highest BCUT2D eigenvalue weighted by Gasteiger charge is 2.12.